The predicted molar refractivity (Wildman–Crippen MR) is 114 cm³/mol. The van der Waals surface area contributed by atoms with Crippen molar-refractivity contribution in [3.63, 3.8) is 0 Å². The number of aromatic nitrogens is 1. The zero-order valence-electron chi connectivity index (χ0n) is 17.1. The van der Waals surface area contributed by atoms with E-state index >= 15 is 0 Å². The summed E-state index contributed by atoms with van der Waals surface area (Å²) in [7, 11) is 3.17. The number of benzene rings is 2. The minimum atomic E-state index is -0.238. The molecule has 1 heterocycles. The van der Waals surface area contributed by atoms with E-state index < -0.39 is 0 Å². The first-order chi connectivity index (χ1) is 14.0. The van der Waals surface area contributed by atoms with Crippen LogP contribution >= 0.6 is 0 Å². The topological polar surface area (TPSA) is 72.5 Å². The predicted octanol–water partition coefficient (Wildman–Crippen LogP) is 4.39. The number of hydrogen-bond acceptors (Lipinski definition) is 5. The maximum atomic E-state index is 12.4. The largest absolute Gasteiger partial charge is 0.493 e. The molecule has 0 aliphatic heterocycles. The molecule has 2 N–H and O–H groups in total. The van der Waals surface area contributed by atoms with Gasteiger partial charge in [-0.3, -0.25) is 4.79 Å². The van der Waals surface area contributed by atoms with Crippen molar-refractivity contribution in [1.29, 1.82) is 0 Å². The zero-order chi connectivity index (χ0) is 20.8. The molecular weight excluding hydrogens is 366 g/mol. The minimum absolute atomic E-state index is 0.238. The number of hydrogen-bond donors (Lipinski definition) is 2. The van der Waals surface area contributed by atoms with E-state index in [-0.39, 0.29) is 5.91 Å². The number of methoxy groups -OCH3 is 2. The van der Waals surface area contributed by atoms with E-state index in [9.17, 15) is 4.79 Å². The van der Waals surface area contributed by atoms with E-state index in [1.54, 1.807) is 26.5 Å². The third kappa shape index (κ3) is 4.85. The molecule has 3 aromatic rings. The number of para-hydroxylation sites is 1. The van der Waals surface area contributed by atoms with Crippen LogP contribution in [0.15, 0.2) is 54.7 Å². The maximum Gasteiger partial charge on any atom is 0.270 e. The molecule has 0 aliphatic rings. The van der Waals surface area contributed by atoms with Gasteiger partial charge in [-0.2, -0.15) is 0 Å². The van der Waals surface area contributed by atoms with Crippen LogP contribution in [0.3, 0.4) is 0 Å². The van der Waals surface area contributed by atoms with Gasteiger partial charge in [-0.15, -0.1) is 0 Å². The first-order valence-corrected chi connectivity index (χ1v) is 9.30. The van der Waals surface area contributed by atoms with Gasteiger partial charge in [0.25, 0.3) is 5.91 Å². The molecule has 2 aromatic carbocycles. The van der Waals surface area contributed by atoms with Crippen molar-refractivity contribution < 1.29 is 14.3 Å². The van der Waals surface area contributed by atoms with Gasteiger partial charge in [-0.25, -0.2) is 4.98 Å². The summed E-state index contributed by atoms with van der Waals surface area (Å²) < 4.78 is 10.5. The van der Waals surface area contributed by atoms with Crippen molar-refractivity contribution in [2.24, 2.45) is 0 Å². The van der Waals surface area contributed by atoms with Crippen molar-refractivity contribution in [3.05, 3.63) is 77.1 Å². The summed E-state index contributed by atoms with van der Waals surface area (Å²) in [6, 6.07) is 15.2. The van der Waals surface area contributed by atoms with Gasteiger partial charge in [-0.05, 0) is 54.8 Å². The number of rotatable bonds is 7. The fourth-order valence-electron chi connectivity index (χ4n) is 3.02. The van der Waals surface area contributed by atoms with Crippen LogP contribution < -0.4 is 20.1 Å². The highest BCUT2D eigenvalue weighted by Gasteiger charge is 2.10. The van der Waals surface area contributed by atoms with Crippen LogP contribution in [-0.4, -0.2) is 25.1 Å². The minimum Gasteiger partial charge on any atom is -0.493 e. The molecule has 1 aromatic heterocycles. The third-order valence-electron chi connectivity index (χ3n) is 4.65. The number of amides is 1. The van der Waals surface area contributed by atoms with Crippen molar-refractivity contribution in [3.8, 4) is 11.5 Å². The molecule has 0 radical (unpaired) electrons. The van der Waals surface area contributed by atoms with Crippen molar-refractivity contribution in [2.45, 2.75) is 20.4 Å². The number of nitrogens with one attached hydrogen (secondary N) is 2. The lowest BCUT2D eigenvalue weighted by atomic mass is 10.1. The van der Waals surface area contributed by atoms with Crippen molar-refractivity contribution in [2.75, 3.05) is 19.5 Å². The highest BCUT2D eigenvalue weighted by atomic mass is 16.5. The molecule has 0 spiro atoms. The fourth-order valence-corrected chi connectivity index (χ4v) is 3.02. The van der Waals surface area contributed by atoms with Gasteiger partial charge >= 0.3 is 0 Å². The van der Waals surface area contributed by atoms with E-state index in [1.807, 2.05) is 30.3 Å². The number of carbonyl (C=O) groups is 1. The Labute approximate surface area is 170 Å². The lowest BCUT2D eigenvalue weighted by Crippen LogP contribution is -2.23. The molecule has 0 fully saturated rings. The van der Waals surface area contributed by atoms with Gasteiger partial charge < -0.3 is 20.1 Å². The zero-order valence-corrected chi connectivity index (χ0v) is 17.1. The van der Waals surface area contributed by atoms with Crippen molar-refractivity contribution >= 4 is 17.3 Å². The molecule has 0 saturated carbocycles. The highest BCUT2D eigenvalue weighted by Crippen LogP contribution is 2.27. The summed E-state index contributed by atoms with van der Waals surface area (Å²) in [4.78, 5) is 16.7. The summed E-state index contributed by atoms with van der Waals surface area (Å²) in [5.41, 5.74) is 5.46. The summed E-state index contributed by atoms with van der Waals surface area (Å²) in [5, 5.41) is 6.24. The van der Waals surface area contributed by atoms with E-state index in [2.05, 4.69) is 41.6 Å². The molecular formula is C23H25N3O3. The van der Waals surface area contributed by atoms with Crippen LogP contribution in [0.25, 0.3) is 0 Å². The number of anilines is 2. The molecule has 3 rings (SSSR count). The van der Waals surface area contributed by atoms with Crippen LogP contribution in [0, 0.1) is 13.8 Å². The Morgan fingerprint density at radius 1 is 0.966 bits per heavy atom. The van der Waals surface area contributed by atoms with Crippen LogP contribution in [0.2, 0.25) is 0 Å². The molecule has 6 heteroatoms. The standard InChI is InChI=1S/C23H25N3O3/c1-15-6-5-7-16(2)22(15)26-18-9-10-19(24-14-18)23(27)25-13-17-8-11-20(28-3)21(12-17)29-4/h5-12,14,26H,13H2,1-4H3,(H,25,27). The fraction of sp³-hybridized carbons (Fsp3) is 0.217. The van der Waals surface area contributed by atoms with Gasteiger partial charge in [-0.1, -0.05) is 24.3 Å². The number of ether oxygens (including phenoxy) is 2. The van der Waals surface area contributed by atoms with Gasteiger partial charge in [0.2, 0.25) is 0 Å². The summed E-state index contributed by atoms with van der Waals surface area (Å²) in [5.74, 6) is 1.04. The smallest absolute Gasteiger partial charge is 0.270 e. The van der Waals surface area contributed by atoms with Crippen LogP contribution in [0.5, 0.6) is 11.5 Å². The SMILES string of the molecule is COc1ccc(CNC(=O)c2ccc(Nc3c(C)cccc3C)cn2)cc1OC. The summed E-state index contributed by atoms with van der Waals surface area (Å²) in [6.07, 6.45) is 1.66. The Bertz CT molecular complexity index is 980. The molecule has 0 bridgehead atoms. The molecule has 1 amide bonds. The second kappa shape index (κ2) is 9.10. The van der Waals surface area contributed by atoms with Gasteiger partial charge in [0, 0.05) is 12.2 Å². The van der Waals surface area contributed by atoms with E-state index in [4.69, 9.17) is 9.47 Å². The normalized spacial score (nSPS) is 10.3. The lowest BCUT2D eigenvalue weighted by Gasteiger charge is -2.13. The van der Waals surface area contributed by atoms with E-state index in [0.29, 0.717) is 23.7 Å². The molecule has 150 valence electrons. The number of aryl methyl sites for hydroxylation is 2. The molecule has 0 aliphatic carbocycles. The number of nitrogens with zero attached hydrogens (tertiary/aromatic N) is 1. The van der Waals surface area contributed by atoms with Crippen LogP contribution in [-0.2, 0) is 6.54 Å². The highest BCUT2D eigenvalue weighted by molar-refractivity contribution is 5.92. The Hall–Kier alpha value is -3.54. The molecule has 0 atom stereocenters. The summed E-state index contributed by atoms with van der Waals surface area (Å²) in [6.45, 7) is 4.47. The van der Waals surface area contributed by atoms with Gasteiger partial charge in [0.1, 0.15) is 5.69 Å². The Morgan fingerprint density at radius 3 is 2.31 bits per heavy atom. The van der Waals surface area contributed by atoms with Gasteiger partial charge in [0.05, 0.1) is 26.1 Å². The first kappa shape index (κ1) is 20.2. The Kier molecular flexibility index (Phi) is 6.34. The quantitative estimate of drug-likeness (QED) is 0.625. The number of carbonyl (C=O) groups excluding carboxylic acids is 1. The maximum absolute atomic E-state index is 12.4. The third-order valence-corrected chi connectivity index (χ3v) is 4.65. The lowest BCUT2D eigenvalue weighted by molar-refractivity contribution is 0.0946. The second-order valence-corrected chi connectivity index (χ2v) is 6.70. The molecule has 6 nitrogen and oxygen atoms in total. The summed E-state index contributed by atoms with van der Waals surface area (Å²) >= 11 is 0. The number of pyridine rings is 1. The Balaban J connectivity index is 1.63. The van der Waals surface area contributed by atoms with E-state index in [0.717, 1.165) is 28.1 Å². The molecule has 0 unspecified atom stereocenters. The van der Waals surface area contributed by atoms with Crippen LogP contribution in [0.1, 0.15) is 27.2 Å². The monoisotopic (exact) mass is 391 g/mol. The Morgan fingerprint density at radius 2 is 1.69 bits per heavy atom. The van der Waals surface area contributed by atoms with Crippen molar-refractivity contribution in [1.82, 2.24) is 10.3 Å². The second-order valence-electron chi connectivity index (χ2n) is 6.70. The molecule has 0 saturated heterocycles. The molecule has 29 heavy (non-hydrogen) atoms. The van der Waals surface area contributed by atoms with Crippen LogP contribution in [0.4, 0.5) is 11.4 Å². The van der Waals surface area contributed by atoms with Gasteiger partial charge in [0.15, 0.2) is 11.5 Å². The average Bonchev–Trinajstić information content (AvgIpc) is 2.75. The van der Waals surface area contributed by atoms with E-state index in [1.165, 1.54) is 0 Å². The first-order valence-electron chi connectivity index (χ1n) is 9.30. The average molecular weight is 391 g/mol.